The van der Waals surface area contributed by atoms with Crippen LogP contribution in [0, 0.1) is 5.92 Å². The smallest absolute Gasteiger partial charge is 0.317 e. The van der Waals surface area contributed by atoms with Gasteiger partial charge in [-0.2, -0.15) is 0 Å². The van der Waals surface area contributed by atoms with Crippen molar-refractivity contribution in [2.45, 2.75) is 26.8 Å². The summed E-state index contributed by atoms with van der Waals surface area (Å²) in [6.07, 6.45) is 2.74. The Hall–Kier alpha value is -1.63. The summed E-state index contributed by atoms with van der Waals surface area (Å²) < 4.78 is 0. The second kappa shape index (κ2) is 7.08. The molecule has 1 heterocycles. The van der Waals surface area contributed by atoms with E-state index >= 15 is 0 Å². The highest BCUT2D eigenvalue weighted by atomic mass is 32.1. The monoisotopic (exact) mass is 285 g/mol. The third-order valence-corrected chi connectivity index (χ3v) is 3.80. The third-order valence-electron chi connectivity index (χ3n) is 2.66. The van der Waals surface area contributed by atoms with Crippen LogP contribution in [0.2, 0.25) is 0 Å². The van der Waals surface area contributed by atoms with Crippen LogP contribution >= 0.6 is 11.3 Å². The molecule has 6 nitrogen and oxygen atoms in total. The van der Waals surface area contributed by atoms with Crippen molar-refractivity contribution < 1.29 is 14.7 Å². The van der Waals surface area contributed by atoms with Gasteiger partial charge < -0.3 is 15.3 Å². The molecule has 0 aromatic carbocycles. The maximum Gasteiger partial charge on any atom is 0.317 e. The van der Waals surface area contributed by atoms with E-state index in [0.717, 1.165) is 11.4 Å². The molecule has 7 heteroatoms. The molecule has 0 bridgehead atoms. The zero-order valence-electron chi connectivity index (χ0n) is 11.3. The van der Waals surface area contributed by atoms with Crippen molar-refractivity contribution in [3.63, 3.8) is 0 Å². The predicted molar refractivity (Wildman–Crippen MR) is 73.2 cm³/mol. The SMILES string of the molecule is CCc1cnc(CNC(=O)N(C)CC(C)C(=O)O)s1. The van der Waals surface area contributed by atoms with Crippen LogP contribution in [0.1, 0.15) is 23.7 Å². The molecule has 2 amide bonds. The van der Waals surface area contributed by atoms with Crippen molar-refractivity contribution in [3.05, 3.63) is 16.1 Å². The molecule has 0 spiro atoms. The molecule has 106 valence electrons. The van der Waals surface area contributed by atoms with Crippen LogP contribution in [0.3, 0.4) is 0 Å². The van der Waals surface area contributed by atoms with Gasteiger partial charge in [-0.3, -0.25) is 4.79 Å². The third kappa shape index (κ3) is 4.86. The van der Waals surface area contributed by atoms with E-state index in [9.17, 15) is 9.59 Å². The van der Waals surface area contributed by atoms with E-state index in [2.05, 4.69) is 17.2 Å². The Labute approximate surface area is 116 Å². The van der Waals surface area contributed by atoms with Crippen molar-refractivity contribution in [2.75, 3.05) is 13.6 Å². The Morgan fingerprint density at radius 1 is 1.58 bits per heavy atom. The predicted octanol–water partition coefficient (Wildman–Crippen LogP) is 1.57. The number of carboxylic acid groups (broad SMARTS) is 1. The quantitative estimate of drug-likeness (QED) is 0.831. The van der Waals surface area contributed by atoms with Gasteiger partial charge in [-0.25, -0.2) is 9.78 Å². The number of thiazole rings is 1. The van der Waals surface area contributed by atoms with E-state index in [-0.39, 0.29) is 12.6 Å². The summed E-state index contributed by atoms with van der Waals surface area (Å²) in [6, 6.07) is -0.290. The lowest BCUT2D eigenvalue weighted by atomic mass is 10.2. The number of aliphatic carboxylic acids is 1. The molecule has 1 rings (SSSR count). The van der Waals surface area contributed by atoms with E-state index in [0.29, 0.717) is 6.54 Å². The molecule has 1 atom stereocenters. The van der Waals surface area contributed by atoms with E-state index < -0.39 is 11.9 Å². The lowest BCUT2D eigenvalue weighted by molar-refractivity contribution is -0.141. The van der Waals surface area contributed by atoms with Crippen molar-refractivity contribution in [1.82, 2.24) is 15.2 Å². The van der Waals surface area contributed by atoms with Gasteiger partial charge in [-0.1, -0.05) is 13.8 Å². The number of aromatic nitrogens is 1. The molecule has 0 fully saturated rings. The van der Waals surface area contributed by atoms with Crippen LogP contribution in [-0.4, -0.2) is 40.6 Å². The van der Waals surface area contributed by atoms with Gasteiger partial charge in [-0.05, 0) is 6.42 Å². The van der Waals surface area contributed by atoms with Gasteiger partial charge >= 0.3 is 12.0 Å². The normalized spacial score (nSPS) is 11.9. The number of carbonyl (C=O) groups is 2. The van der Waals surface area contributed by atoms with Gasteiger partial charge in [0.25, 0.3) is 0 Å². The minimum atomic E-state index is -0.910. The maximum absolute atomic E-state index is 11.7. The molecule has 2 N–H and O–H groups in total. The van der Waals surface area contributed by atoms with E-state index in [1.54, 1.807) is 25.3 Å². The Morgan fingerprint density at radius 3 is 2.79 bits per heavy atom. The Balaban J connectivity index is 2.40. The molecule has 19 heavy (non-hydrogen) atoms. The van der Waals surface area contributed by atoms with Gasteiger partial charge in [0.15, 0.2) is 0 Å². The number of hydrogen-bond donors (Lipinski definition) is 2. The zero-order chi connectivity index (χ0) is 14.4. The molecule has 0 aliphatic rings. The summed E-state index contributed by atoms with van der Waals surface area (Å²) in [6.45, 7) is 4.17. The highest BCUT2D eigenvalue weighted by molar-refractivity contribution is 7.11. The highest BCUT2D eigenvalue weighted by Crippen LogP contribution is 2.12. The zero-order valence-corrected chi connectivity index (χ0v) is 12.2. The van der Waals surface area contributed by atoms with Crippen LogP contribution in [0.5, 0.6) is 0 Å². The first-order chi connectivity index (χ1) is 8.93. The summed E-state index contributed by atoms with van der Waals surface area (Å²) in [5.74, 6) is -1.49. The summed E-state index contributed by atoms with van der Waals surface area (Å²) in [4.78, 5) is 29.2. The highest BCUT2D eigenvalue weighted by Gasteiger charge is 2.17. The average Bonchev–Trinajstić information content (AvgIpc) is 2.83. The van der Waals surface area contributed by atoms with Gasteiger partial charge in [0, 0.05) is 24.7 Å². The van der Waals surface area contributed by atoms with Crippen LogP contribution in [0.15, 0.2) is 6.20 Å². The number of nitrogens with zero attached hydrogens (tertiary/aromatic N) is 2. The average molecular weight is 285 g/mol. The molecule has 0 radical (unpaired) electrons. The largest absolute Gasteiger partial charge is 0.481 e. The number of carboxylic acids is 1. The van der Waals surface area contributed by atoms with Crippen LogP contribution < -0.4 is 5.32 Å². The molecule has 0 aliphatic carbocycles. The second-order valence-electron chi connectivity index (χ2n) is 4.35. The summed E-state index contributed by atoms with van der Waals surface area (Å²) in [7, 11) is 1.58. The van der Waals surface area contributed by atoms with E-state index in [1.807, 2.05) is 6.20 Å². The van der Waals surface area contributed by atoms with Crippen molar-refractivity contribution in [3.8, 4) is 0 Å². The second-order valence-corrected chi connectivity index (χ2v) is 5.55. The molecular formula is C12H19N3O3S. The summed E-state index contributed by atoms with van der Waals surface area (Å²) in [5, 5.41) is 12.4. The summed E-state index contributed by atoms with van der Waals surface area (Å²) >= 11 is 1.57. The number of nitrogens with one attached hydrogen (secondary N) is 1. The fraction of sp³-hybridized carbons (Fsp3) is 0.583. The number of amides is 2. The lowest BCUT2D eigenvalue weighted by Gasteiger charge is -2.19. The van der Waals surface area contributed by atoms with Gasteiger partial charge in [0.2, 0.25) is 0 Å². The number of carbonyl (C=O) groups excluding carboxylic acids is 1. The van der Waals surface area contributed by atoms with Crippen LogP contribution in [-0.2, 0) is 17.8 Å². The van der Waals surface area contributed by atoms with Crippen molar-refractivity contribution >= 4 is 23.3 Å². The minimum Gasteiger partial charge on any atom is -0.481 e. The van der Waals surface area contributed by atoms with Crippen molar-refractivity contribution in [2.24, 2.45) is 5.92 Å². The molecule has 0 saturated heterocycles. The Morgan fingerprint density at radius 2 is 2.26 bits per heavy atom. The standard InChI is InChI=1S/C12H19N3O3S/c1-4-9-5-13-10(19-9)6-14-12(18)15(3)7-8(2)11(16)17/h5,8H,4,6-7H2,1-3H3,(H,14,18)(H,16,17). The van der Waals surface area contributed by atoms with E-state index in [4.69, 9.17) is 5.11 Å². The maximum atomic E-state index is 11.7. The first-order valence-corrected chi connectivity index (χ1v) is 6.91. The lowest BCUT2D eigenvalue weighted by Crippen LogP contribution is -2.40. The first-order valence-electron chi connectivity index (χ1n) is 6.09. The minimum absolute atomic E-state index is 0.180. The molecule has 0 saturated carbocycles. The molecular weight excluding hydrogens is 266 g/mol. The molecule has 1 aromatic heterocycles. The van der Waals surface area contributed by atoms with Gasteiger partial charge in [-0.15, -0.1) is 11.3 Å². The van der Waals surface area contributed by atoms with Crippen LogP contribution in [0.4, 0.5) is 4.79 Å². The number of aryl methyl sites for hydroxylation is 1. The number of hydrogen-bond acceptors (Lipinski definition) is 4. The van der Waals surface area contributed by atoms with E-state index in [1.165, 1.54) is 9.78 Å². The Kier molecular flexibility index (Phi) is 5.75. The molecule has 0 aliphatic heterocycles. The van der Waals surface area contributed by atoms with Gasteiger partial charge in [0.05, 0.1) is 12.5 Å². The topological polar surface area (TPSA) is 82.5 Å². The fourth-order valence-corrected chi connectivity index (χ4v) is 2.25. The fourth-order valence-electron chi connectivity index (χ4n) is 1.45. The van der Waals surface area contributed by atoms with Gasteiger partial charge in [0.1, 0.15) is 5.01 Å². The summed E-state index contributed by atoms with van der Waals surface area (Å²) in [5.41, 5.74) is 0. The number of urea groups is 1. The Bertz CT molecular complexity index is 447. The number of rotatable bonds is 6. The van der Waals surface area contributed by atoms with Crippen LogP contribution in [0.25, 0.3) is 0 Å². The molecule has 1 unspecified atom stereocenters. The first kappa shape index (κ1) is 15.4. The van der Waals surface area contributed by atoms with Crippen molar-refractivity contribution in [1.29, 1.82) is 0 Å². The molecule has 1 aromatic rings.